The van der Waals surface area contributed by atoms with Crippen LogP contribution in [0, 0.1) is 0 Å². The molecule has 69 heavy (non-hydrogen) atoms. The Bertz CT molecular complexity index is 2580. The minimum Gasteiger partial charge on any atom is -0.490 e. The van der Waals surface area contributed by atoms with E-state index in [-0.39, 0.29) is 36.2 Å². The highest BCUT2D eigenvalue weighted by Crippen LogP contribution is 2.40. The van der Waals surface area contributed by atoms with E-state index in [0.29, 0.717) is 52.9 Å². The summed E-state index contributed by atoms with van der Waals surface area (Å²) in [5.74, 6) is 1.35. The molecule has 16 heteroatoms. The number of aromatic nitrogens is 3. The van der Waals surface area contributed by atoms with Gasteiger partial charge in [-0.1, -0.05) is 6.07 Å². The number of nitrogens with zero attached hydrogens (tertiary/aromatic N) is 5. The SMILES string of the molecule is CC(C)(C)OC(=O)c1cccc(N(Cc2cnco2)c2ccc(OC(F)F)c(OC3CCC3)c2)c1.CCOc1ccc(N(Cc2cncnc2)c2ccc(C(=O)OC(C)(C)C)cc2)cc1OC(C)C. The number of rotatable bonds is 18. The van der Waals surface area contributed by atoms with Gasteiger partial charge in [-0.2, -0.15) is 8.78 Å². The van der Waals surface area contributed by atoms with Crippen molar-refractivity contribution < 1.29 is 51.2 Å². The molecule has 0 spiro atoms. The Hall–Kier alpha value is -7.23. The summed E-state index contributed by atoms with van der Waals surface area (Å²) in [6.45, 7) is 15.3. The average molecular weight is 950 g/mol. The second kappa shape index (κ2) is 23.2. The molecule has 0 unspecified atom stereocenters. The molecular formula is C53H61F2N5O9. The van der Waals surface area contributed by atoms with Crippen molar-refractivity contribution in [3.8, 4) is 23.0 Å². The zero-order valence-corrected chi connectivity index (χ0v) is 40.6. The standard InChI is InChI=1S/C27H33N3O4.C26H28F2N2O5/c1-7-32-24-13-12-23(14-25(24)33-19(2)3)30(17-20-15-28-18-29-16-20)22-10-8-21(9-11-22)26(31)34-27(4,5)6;1-26(2,3)35-24(31)17-6-4-7-18(12-17)30(15-21-14-29-16-32-21)19-10-11-22(34-25(27)28)23(13-19)33-20-8-5-9-20/h8-16,18-19H,7,17H2,1-6H3;4,6-7,10-14,16,20,25H,5,8-9,15H2,1-3H3. The minimum absolute atomic E-state index is 0.00135. The summed E-state index contributed by atoms with van der Waals surface area (Å²) in [6.07, 6.45) is 10.7. The summed E-state index contributed by atoms with van der Waals surface area (Å²) in [5, 5.41) is 0. The summed E-state index contributed by atoms with van der Waals surface area (Å²) < 4.78 is 64.9. The molecular weight excluding hydrogens is 889 g/mol. The maximum Gasteiger partial charge on any atom is 0.387 e. The lowest BCUT2D eigenvalue weighted by atomic mass is 9.96. The number of carbonyl (C=O) groups is 2. The second-order valence-electron chi connectivity index (χ2n) is 18.4. The van der Waals surface area contributed by atoms with Gasteiger partial charge in [0.1, 0.15) is 23.3 Å². The zero-order valence-electron chi connectivity index (χ0n) is 40.6. The lowest BCUT2D eigenvalue weighted by Gasteiger charge is -2.29. The highest BCUT2D eigenvalue weighted by molar-refractivity contribution is 5.91. The van der Waals surface area contributed by atoms with Crippen LogP contribution in [0.5, 0.6) is 23.0 Å². The van der Waals surface area contributed by atoms with Crippen LogP contribution in [0.2, 0.25) is 0 Å². The first kappa shape index (κ1) is 51.2. The molecule has 0 saturated heterocycles. The van der Waals surface area contributed by atoms with Gasteiger partial charge in [0.05, 0.1) is 49.2 Å². The average Bonchev–Trinajstić information content (AvgIpc) is 3.80. The molecule has 0 amide bonds. The van der Waals surface area contributed by atoms with Crippen molar-refractivity contribution in [3.63, 3.8) is 0 Å². The largest absolute Gasteiger partial charge is 0.490 e. The van der Waals surface area contributed by atoms with Crippen molar-refractivity contribution in [2.75, 3.05) is 16.4 Å². The van der Waals surface area contributed by atoms with Crippen LogP contribution in [0.3, 0.4) is 0 Å². The number of benzene rings is 4. The molecule has 1 saturated carbocycles. The fourth-order valence-corrected chi connectivity index (χ4v) is 6.89. The molecule has 1 fully saturated rings. The number of esters is 2. The van der Waals surface area contributed by atoms with Crippen LogP contribution in [0.15, 0.2) is 121 Å². The molecule has 6 aromatic rings. The molecule has 0 atom stereocenters. The number of halogens is 2. The predicted octanol–water partition coefficient (Wildman–Crippen LogP) is 12.5. The van der Waals surface area contributed by atoms with Crippen molar-refractivity contribution in [1.82, 2.24) is 15.0 Å². The van der Waals surface area contributed by atoms with Crippen LogP contribution in [-0.4, -0.2) is 63.5 Å². The van der Waals surface area contributed by atoms with Gasteiger partial charge in [0.15, 0.2) is 29.4 Å². The Morgan fingerprint density at radius 1 is 0.681 bits per heavy atom. The Morgan fingerprint density at radius 3 is 1.84 bits per heavy atom. The van der Waals surface area contributed by atoms with Crippen LogP contribution in [0.1, 0.15) is 114 Å². The van der Waals surface area contributed by atoms with E-state index < -0.39 is 23.8 Å². The van der Waals surface area contributed by atoms with E-state index in [4.69, 9.17) is 32.8 Å². The van der Waals surface area contributed by atoms with Crippen molar-refractivity contribution in [2.24, 2.45) is 0 Å². The highest BCUT2D eigenvalue weighted by atomic mass is 19.3. The first-order chi connectivity index (χ1) is 32.8. The maximum absolute atomic E-state index is 13.0. The maximum atomic E-state index is 13.0. The first-order valence-corrected chi connectivity index (χ1v) is 22.9. The molecule has 7 rings (SSSR count). The highest BCUT2D eigenvalue weighted by Gasteiger charge is 2.25. The molecule has 0 N–H and O–H groups in total. The quantitative estimate of drug-likeness (QED) is 0.0752. The van der Waals surface area contributed by atoms with Gasteiger partial charge in [-0.15, -0.1) is 0 Å². The Balaban J connectivity index is 0.000000227. The van der Waals surface area contributed by atoms with Gasteiger partial charge in [0.2, 0.25) is 0 Å². The fourth-order valence-electron chi connectivity index (χ4n) is 6.89. The Kier molecular flexibility index (Phi) is 17.2. The number of hydrogen-bond acceptors (Lipinski definition) is 14. The molecule has 0 aliphatic heterocycles. The normalized spacial score (nSPS) is 12.6. The molecule has 1 aliphatic carbocycles. The van der Waals surface area contributed by atoms with Gasteiger partial charge in [-0.25, -0.2) is 24.5 Å². The number of hydrogen-bond donors (Lipinski definition) is 0. The van der Waals surface area contributed by atoms with Gasteiger partial charge in [-0.3, -0.25) is 0 Å². The third-order valence-electron chi connectivity index (χ3n) is 10.1. The Morgan fingerprint density at radius 2 is 1.28 bits per heavy atom. The third-order valence-corrected chi connectivity index (χ3v) is 10.1. The Labute approximate surface area is 402 Å². The lowest BCUT2D eigenvalue weighted by Crippen LogP contribution is -2.25. The van der Waals surface area contributed by atoms with E-state index in [0.717, 1.165) is 36.2 Å². The molecule has 14 nitrogen and oxygen atoms in total. The van der Waals surface area contributed by atoms with Gasteiger partial charge in [0, 0.05) is 52.8 Å². The van der Waals surface area contributed by atoms with Crippen molar-refractivity contribution in [1.29, 1.82) is 0 Å². The van der Waals surface area contributed by atoms with E-state index in [2.05, 4.69) is 19.9 Å². The summed E-state index contributed by atoms with van der Waals surface area (Å²) in [6, 6.07) is 25.0. The first-order valence-electron chi connectivity index (χ1n) is 22.9. The van der Waals surface area contributed by atoms with E-state index in [1.165, 1.54) is 18.8 Å². The number of anilines is 4. The molecule has 0 radical (unpaired) electrons. The van der Waals surface area contributed by atoms with Gasteiger partial charge in [0.25, 0.3) is 0 Å². The second-order valence-corrected chi connectivity index (χ2v) is 18.4. The lowest BCUT2D eigenvalue weighted by molar-refractivity contribution is -0.0527. The monoisotopic (exact) mass is 949 g/mol. The molecule has 0 bridgehead atoms. The van der Waals surface area contributed by atoms with E-state index >= 15 is 0 Å². The molecule has 2 aromatic heterocycles. The van der Waals surface area contributed by atoms with Gasteiger partial charge >= 0.3 is 18.6 Å². The van der Waals surface area contributed by atoms with Gasteiger partial charge < -0.3 is 42.6 Å². The van der Waals surface area contributed by atoms with Crippen LogP contribution in [0.4, 0.5) is 31.5 Å². The number of carbonyl (C=O) groups excluding carboxylic acids is 2. The van der Waals surface area contributed by atoms with Crippen molar-refractivity contribution in [3.05, 3.63) is 139 Å². The third kappa shape index (κ3) is 15.4. The summed E-state index contributed by atoms with van der Waals surface area (Å²) in [7, 11) is 0. The van der Waals surface area contributed by atoms with Crippen molar-refractivity contribution >= 4 is 34.7 Å². The summed E-state index contributed by atoms with van der Waals surface area (Å²) >= 11 is 0. The molecule has 4 aromatic carbocycles. The zero-order chi connectivity index (χ0) is 49.7. The summed E-state index contributed by atoms with van der Waals surface area (Å²) in [4.78, 5) is 41.4. The van der Waals surface area contributed by atoms with E-state index in [1.54, 1.807) is 81.8 Å². The van der Waals surface area contributed by atoms with Crippen LogP contribution < -0.4 is 28.7 Å². The van der Waals surface area contributed by atoms with Crippen molar-refractivity contribution in [2.45, 2.75) is 125 Å². The minimum atomic E-state index is -2.97. The number of ether oxygens (including phenoxy) is 6. The number of alkyl halides is 2. The smallest absolute Gasteiger partial charge is 0.387 e. The van der Waals surface area contributed by atoms with Crippen LogP contribution in [-0.2, 0) is 22.6 Å². The fraction of sp³-hybridized carbons (Fsp3) is 0.377. The molecule has 366 valence electrons. The summed E-state index contributed by atoms with van der Waals surface area (Å²) in [5.41, 5.74) is 3.74. The number of oxazole rings is 1. The van der Waals surface area contributed by atoms with Crippen LogP contribution >= 0.6 is 0 Å². The van der Waals surface area contributed by atoms with Gasteiger partial charge in [-0.05, 0) is 148 Å². The van der Waals surface area contributed by atoms with Crippen LogP contribution in [0.25, 0.3) is 0 Å². The van der Waals surface area contributed by atoms with E-state index in [9.17, 15) is 18.4 Å². The topological polar surface area (TPSA) is 148 Å². The predicted molar refractivity (Wildman–Crippen MR) is 258 cm³/mol. The van der Waals surface area contributed by atoms with E-state index in [1.807, 2.05) is 82.8 Å². The molecule has 2 heterocycles. The molecule has 1 aliphatic rings.